The van der Waals surface area contributed by atoms with Crippen LogP contribution in [0.25, 0.3) is 11.1 Å². The van der Waals surface area contributed by atoms with E-state index in [4.69, 9.17) is 4.74 Å². The quantitative estimate of drug-likeness (QED) is 0.602. The largest absolute Gasteiger partial charge is 0.445 e. The second-order valence-electron chi connectivity index (χ2n) is 10.5. The van der Waals surface area contributed by atoms with Crippen LogP contribution in [0.5, 0.6) is 0 Å². The minimum Gasteiger partial charge on any atom is -0.445 e. The number of aryl methyl sites for hydroxylation is 1. The molecule has 3 saturated heterocycles. The van der Waals surface area contributed by atoms with Crippen LogP contribution in [-0.4, -0.2) is 36.7 Å². The fourth-order valence-electron chi connectivity index (χ4n) is 6.27. The molecule has 1 saturated carbocycles. The Kier molecular flexibility index (Phi) is 5.17. The first kappa shape index (κ1) is 22.0. The van der Waals surface area contributed by atoms with Gasteiger partial charge in [0.1, 0.15) is 6.10 Å². The van der Waals surface area contributed by atoms with Gasteiger partial charge < -0.3 is 10.1 Å². The molecule has 5 aliphatic rings. The summed E-state index contributed by atoms with van der Waals surface area (Å²) < 4.78 is 45.7. The predicted molar refractivity (Wildman–Crippen MR) is 122 cm³/mol. The summed E-state index contributed by atoms with van der Waals surface area (Å²) >= 11 is 0. The molecule has 4 nitrogen and oxygen atoms in total. The van der Waals surface area contributed by atoms with E-state index in [1.54, 1.807) is 6.07 Å². The Hall–Kier alpha value is -2.54. The molecule has 1 spiro atoms. The van der Waals surface area contributed by atoms with Crippen molar-refractivity contribution in [1.29, 1.82) is 0 Å². The fourth-order valence-corrected chi connectivity index (χ4v) is 6.27. The number of rotatable bonds is 3. The minimum absolute atomic E-state index is 0.0352. The van der Waals surface area contributed by atoms with E-state index in [0.717, 1.165) is 80.9 Å². The van der Waals surface area contributed by atoms with Gasteiger partial charge in [-0.25, -0.2) is 4.79 Å². The molecule has 1 unspecified atom stereocenters. The van der Waals surface area contributed by atoms with Gasteiger partial charge in [0.2, 0.25) is 0 Å². The van der Waals surface area contributed by atoms with Gasteiger partial charge in [0, 0.05) is 6.54 Å². The molecule has 0 aromatic heterocycles. The Labute approximate surface area is 197 Å². The molecule has 2 bridgehead atoms. The van der Waals surface area contributed by atoms with Gasteiger partial charge in [-0.2, -0.15) is 13.2 Å². The van der Waals surface area contributed by atoms with E-state index < -0.39 is 11.7 Å². The van der Waals surface area contributed by atoms with E-state index >= 15 is 0 Å². The lowest BCUT2D eigenvalue weighted by atomic mass is 9.76. The van der Waals surface area contributed by atoms with Gasteiger partial charge in [0.25, 0.3) is 0 Å². The molecule has 3 aliphatic heterocycles. The number of carbonyl (C=O) groups excluding carboxylic acids is 1. The molecule has 3 heterocycles. The second kappa shape index (κ2) is 8.01. The maximum Gasteiger partial charge on any atom is 0.416 e. The zero-order valence-electron chi connectivity index (χ0n) is 19.0. The number of hydrogen-bond donors (Lipinski definition) is 1. The van der Waals surface area contributed by atoms with E-state index in [9.17, 15) is 18.0 Å². The standard InChI is InChI=1S/C27H29F3N2O2/c28-27(29,30)21-3-1-2-19(14-21)20-5-4-17-6-9-26(10-11-26)24(22(17)15-20)31-25(33)34-23-16-32-12-7-18(23)8-13-32/h1-5,14-15,18,23-24H,6-13,16H2,(H,31,33)/t23-,24?/m0/s1. The number of nitrogens with one attached hydrogen (secondary N) is 1. The number of alkyl halides is 3. The summed E-state index contributed by atoms with van der Waals surface area (Å²) in [6.45, 7) is 2.98. The van der Waals surface area contributed by atoms with Crippen molar-refractivity contribution in [1.82, 2.24) is 10.2 Å². The molecule has 7 heteroatoms. The van der Waals surface area contributed by atoms with E-state index in [1.165, 1.54) is 12.1 Å². The van der Waals surface area contributed by atoms with Gasteiger partial charge >= 0.3 is 12.3 Å². The maximum atomic E-state index is 13.3. The zero-order chi connectivity index (χ0) is 23.5. The van der Waals surface area contributed by atoms with Crippen LogP contribution in [0.3, 0.4) is 0 Å². The highest BCUT2D eigenvalue weighted by atomic mass is 19.4. The first-order chi connectivity index (χ1) is 16.3. The van der Waals surface area contributed by atoms with Crippen molar-refractivity contribution in [3.8, 4) is 11.1 Å². The van der Waals surface area contributed by atoms with Crippen LogP contribution in [0.2, 0.25) is 0 Å². The summed E-state index contributed by atoms with van der Waals surface area (Å²) in [5.74, 6) is 0.441. The van der Waals surface area contributed by atoms with E-state index in [1.807, 2.05) is 18.2 Å². The van der Waals surface area contributed by atoms with Gasteiger partial charge in [0.15, 0.2) is 0 Å². The Balaban J connectivity index is 1.26. The van der Waals surface area contributed by atoms with Crippen LogP contribution in [0, 0.1) is 11.3 Å². The average Bonchev–Trinajstić information content (AvgIpc) is 3.61. The lowest BCUT2D eigenvalue weighted by molar-refractivity contribution is -0.137. The number of benzene rings is 2. The third-order valence-electron chi connectivity index (χ3n) is 8.49. The molecule has 2 aromatic rings. The molecule has 1 amide bonds. The van der Waals surface area contributed by atoms with Gasteiger partial charge in [-0.3, -0.25) is 4.90 Å². The van der Waals surface area contributed by atoms with Crippen molar-refractivity contribution in [3.63, 3.8) is 0 Å². The molecule has 2 atom stereocenters. The molecule has 2 aliphatic carbocycles. The van der Waals surface area contributed by atoms with Gasteiger partial charge in [-0.05, 0) is 103 Å². The van der Waals surface area contributed by atoms with Crippen LogP contribution in [0.1, 0.15) is 54.8 Å². The summed E-state index contributed by atoms with van der Waals surface area (Å²) in [5, 5.41) is 3.19. The van der Waals surface area contributed by atoms with Crippen LogP contribution >= 0.6 is 0 Å². The summed E-state index contributed by atoms with van der Waals surface area (Å²) in [4.78, 5) is 15.4. The minimum atomic E-state index is -4.38. The number of carbonyl (C=O) groups is 1. The van der Waals surface area contributed by atoms with Crippen LogP contribution in [0.4, 0.5) is 18.0 Å². The highest BCUT2D eigenvalue weighted by Crippen LogP contribution is 2.61. The van der Waals surface area contributed by atoms with Crippen molar-refractivity contribution in [2.45, 2.75) is 56.8 Å². The summed E-state index contributed by atoms with van der Waals surface area (Å²) in [6, 6.07) is 11.1. The number of nitrogens with zero attached hydrogens (tertiary/aromatic N) is 1. The number of halogens is 3. The Bertz CT molecular complexity index is 1100. The Morgan fingerprint density at radius 1 is 1.03 bits per heavy atom. The molecule has 2 aromatic carbocycles. The van der Waals surface area contributed by atoms with Crippen molar-refractivity contribution in [3.05, 3.63) is 59.2 Å². The highest BCUT2D eigenvalue weighted by Gasteiger charge is 2.53. The monoisotopic (exact) mass is 470 g/mol. The molecule has 180 valence electrons. The smallest absolute Gasteiger partial charge is 0.416 e. The SMILES string of the molecule is O=C(NC1c2cc(-c3cccc(C(F)(F)F)c3)ccc2CCC12CC2)O[C@H]1CN2CCC1CC2. The zero-order valence-corrected chi connectivity index (χ0v) is 19.0. The average molecular weight is 471 g/mol. The highest BCUT2D eigenvalue weighted by molar-refractivity contribution is 5.70. The third-order valence-corrected chi connectivity index (χ3v) is 8.49. The topological polar surface area (TPSA) is 41.6 Å². The maximum absolute atomic E-state index is 13.3. The number of hydrogen-bond acceptors (Lipinski definition) is 3. The van der Waals surface area contributed by atoms with Crippen molar-refractivity contribution in [2.24, 2.45) is 11.3 Å². The van der Waals surface area contributed by atoms with Crippen molar-refractivity contribution >= 4 is 6.09 Å². The first-order valence-electron chi connectivity index (χ1n) is 12.3. The Morgan fingerprint density at radius 2 is 1.79 bits per heavy atom. The molecule has 34 heavy (non-hydrogen) atoms. The molecule has 0 radical (unpaired) electrons. The van der Waals surface area contributed by atoms with Crippen LogP contribution in [-0.2, 0) is 17.3 Å². The normalized spacial score (nSPS) is 28.9. The molecular weight excluding hydrogens is 441 g/mol. The molecule has 1 N–H and O–H groups in total. The van der Waals surface area contributed by atoms with Crippen molar-refractivity contribution in [2.75, 3.05) is 19.6 Å². The van der Waals surface area contributed by atoms with Gasteiger partial charge in [-0.15, -0.1) is 0 Å². The van der Waals surface area contributed by atoms with E-state index in [0.29, 0.717) is 11.5 Å². The number of piperidine rings is 3. The summed E-state index contributed by atoms with van der Waals surface area (Å²) in [6.07, 6.45) is 1.37. The van der Waals surface area contributed by atoms with E-state index in [-0.39, 0.29) is 23.7 Å². The number of fused-ring (bicyclic) bond motifs is 4. The number of amides is 1. The first-order valence-corrected chi connectivity index (χ1v) is 12.3. The fraction of sp³-hybridized carbons (Fsp3) is 0.519. The van der Waals surface area contributed by atoms with E-state index in [2.05, 4.69) is 10.2 Å². The predicted octanol–water partition coefficient (Wildman–Crippen LogP) is 5.96. The van der Waals surface area contributed by atoms with Crippen LogP contribution in [0.15, 0.2) is 42.5 Å². The van der Waals surface area contributed by atoms with Crippen LogP contribution < -0.4 is 5.32 Å². The third kappa shape index (κ3) is 3.98. The van der Waals surface area contributed by atoms with Crippen molar-refractivity contribution < 1.29 is 22.7 Å². The molecular formula is C27H29F3N2O2. The molecule has 4 fully saturated rings. The number of alkyl carbamates (subject to hydrolysis) is 1. The summed E-state index contributed by atoms with van der Waals surface area (Å²) in [7, 11) is 0. The van der Waals surface area contributed by atoms with Gasteiger partial charge in [-0.1, -0.05) is 24.3 Å². The van der Waals surface area contributed by atoms with Gasteiger partial charge in [0.05, 0.1) is 11.6 Å². The second-order valence-corrected chi connectivity index (χ2v) is 10.5. The lowest BCUT2D eigenvalue weighted by Gasteiger charge is -2.44. The molecule has 7 rings (SSSR count). The lowest BCUT2D eigenvalue weighted by Crippen LogP contribution is -2.53. The number of ether oxygens (including phenoxy) is 1. The summed E-state index contributed by atoms with van der Waals surface area (Å²) in [5.41, 5.74) is 2.82. The Morgan fingerprint density at radius 3 is 2.47 bits per heavy atom.